The number of carboxylic acid groups (broad SMARTS) is 1. The van der Waals surface area contributed by atoms with E-state index in [2.05, 4.69) is 5.32 Å². The summed E-state index contributed by atoms with van der Waals surface area (Å²) < 4.78 is 0. The molecule has 0 radical (unpaired) electrons. The van der Waals surface area contributed by atoms with Gasteiger partial charge in [0.15, 0.2) is 0 Å². The van der Waals surface area contributed by atoms with Crippen LogP contribution in [0.4, 0.5) is 0 Å². The zero-order valence-corrected chi connectivity index (χ0v) is 12.2. The van der Waals surface area contributed by atoms with Crippen molar-refractivity contribution in [1.82, 2.24) is 5.32 Å². The first-order valence-corrected chi connectivity index (χ1v) is 7.61. The molecule has 4 heteroatoms. The minimum atomic E-state index is -0.925. The molecule has 2 unspecified atom stereocenters. The van der Waals surface area contributed by atoms with Crippen molar-refractivity contribution >= 4 is 11.9 Å². The van der Waals surface area contributed by atoms with Crippen molar-refractivity contribution in [2.75, 3.05) is 0 Å². The van der Waals surface area contributed by atoms with Crippen molar-refractivity contribution < 1.29 is 14.7 Å². The fourth-order valence-corrected chi connectivity index (χ4v) is 2.94. The molecule has 0 saturated heterocycles. The van der Waals surface area contributed by atoms with Gasteiger partial charge in [-0.25, -0.2) is 4.79 Å². The highest BCUT2D eigenvalue weighted by molar-refractivity contribution is 5.84. The molecule has 0 heterocycles. The Morgan fingerprint density at radius 3 is 2.37 bits per heavy atom. The largest absolute Gasteiger partial charge is 0.480 e. The van der Waals surface area contributed by atoms with E-state index in [0.717, 1.165) is 19.3 Å². The molecule has 1 rings (SSSR count). The average Bonchev–Trinajstić information content (AvgIpc) is 2.87. The third-order valence-electron chi connectivity index (χ3n) is 4.15. The maximum absolute atomic E-state index is 12.2. The van der Waals surface area contributed by atoms with Gasteiger partial charge in [0.2, 0.25) is 5.91 Å². The van der Waals surface area contributed by atoms with E-state index in [1.165, 1.54) is 25.7 Å². The Hall–Kier alpha value is -1.06. The van der Waals surface area contributed by atoms with Crippen LogP contribution in [0.2, 0.25) is 0 Å². The molecule has 2 atom stereocenters. The van der Waals surface area contributed by atoms with Gasteiger partial charge in [-0.15, -0.1) is 0 Å². The molecule has 1 aliphatic carbocycles. The van der Waals surface area contributed by atoms with Gasteiger partial charge in [-0.2, -0.15) is 0 Å². The number of carbonyl (C=O) groups excluding carboxylic acids is 1. The predicted molar refractivity (Wildman–Crippen MR) is 74.8 cm³/mol. The van der Waals surface area contributed by atoms with Crippen LogP contribution >= 0.6 is 0 Å². The number of amides is 1. The topological polar surface area (TPSA) is 66.4 Å². The molecule has 0 spiro atoms. The third kappa shape index (κ3) is 5.21. The second kappa shape index (κ2) is 8.18. The van der Waals surface area contributed by atoms with Crippen molar-refractivity contribution in [3.63, 3.8) is 0 Å². The van der Waals surface area contributed by atoms with Crippen molar-refractivity contribution in [3.05, 3.63) is 0 Å². The van der Waals surface area contributed by atoms with Crippen LogP contribution in [-0.2, 0) is 9.59 Å². The lowest BCUT2D eigenvalue weighted by atomic mass is 9.90. The number of aliphatic carboxylic acids is 1. The summed E-state index contributed by atoms with van der Waals surface area (Å²) in [5.74, 6) is -0.367. The lowest BCUT2D eigenvalue weighted by Gasteiger charge is -2.21. The van der Waals surface area contributed by atoms with Gasteiger partial charge in [0.05, 0.1) is 0 Å². The van der Waals surface area contributed by atoms with Crippen LogP contribution < -0.4 is 5.32 Å². The van der Waals surface area contributed by atoms with Gasteiger partial charge in [-0.05, 0) is 25.2 Å². The summed E-state index contributed by atoms with van der Waals surface area (Å²) in [5, 5.41) is 11.8. The minimum Gasteiger partial charge on any atom is -0.480 e. The van der Waals surface area contributed by atoms with E-state index in [4.69, 9.17) is 5.11 Å². The van der Waals surface area contributed by atoms with E-state index in [1.807, 2.05) is 13.8 Å². The van der Waals surface area contributed by atoms with Gasteiger partial charge < -0.3 is 10.4 Å². The normalized spacial score (nSPS) is 19.1. The van der Waals surface area contributed by atoms with Crippen LogP contribution in [0.5, 0.6) is 0 Å². The minimum absolute atomic E-state index is 0.0261. The molecule has 1 aliphatic rings. The maximum atomic E-state index is 12.2. The zero-order valence-electron chi connectivity index (χ0n) is 12.2. The van der Waals surface area contributed by atoms with Crippen LogP contribution in [-0.4, -0.2) is 23.0 Å². The number of carboxylic acids is 1. The summed E-state index contributed by atoms with van der Waals surface area (Å²) >= 11 is 0. The second-order valence-corrected chi connectivity index (χ2v) is 5.68. The average molecular weight is 269 g/mol. The predicted octanol–water partition coefficient (Wildman–Crippen LogP) is 2.96. The van der Waals surface area contributed by atoms with Crippen LogP contribution in [0.1, 0.15) is 65.2 Å². The Balaban J connectivity index is 2.49. The molecule has 0 aliphatic heterocycles. The van der Waals surface area contributed by atoms with Crippen molar-refractivity contribution in [3.8, 4) is 0 Å². The van der Waals surface area contributed by atoms with E-state index in [1.54, 1.807) is 0 Å². The summed E-state index contributed by atoms with van der Waals surface area (Å²) in [6.45, 7) is 3.94. The van der Waals surface area contributed by atoms with E-state index < -0.39 is 12.0 Å². The van der Waals surface area contributed by atoms with Crippen molar-refractivity contribution in [1.29, 1.82) is 0 Å². The monoisotopic (exact) mass is 269 g/mol. The van der Waals surface area contributed by atoms with Gasteiger partial charge in [-0.3, -0.25) is 4.79 Å². The molecule has 0 aromatic heterocycles. The molecule has 0 aromatic rings. The summed E-state index contributed by atoms with van der Waals surface area (Å²) in [7, 11) is 0. The lowest BCUT2D eigenvalue weighted by molar-refractivity contribution is -0.142. The van der Waals surface area contributed by atoms with Crippen molar-refractivity contribution in [2.45, 2.75) is 71.3 Å². The molecule has 2 N–H and O–H groups in total. The summed E-state index contributed by atoms with van der Waals surface area (Å²) in [6.07, 6.45) is 7.97. The molecule has 1 amide bonds. The molecule has 1 saturated carbocycles. The van der Waals surface area contributed by atoms with E-state index >= 15 is 0 Å². The maximum Gasteiger partial charge on any atom is 0.326 e. The van der Waals surface area contributed by atoms with Gasteiger partial charge in [0.25, 0.3) is 0 Å². The molecule has 110 valence electrons. The van der Waals surface area contributed by atoms with Crippen LogP contribution in [0.25, 0.3) is 0 Å². The first-order chi connectivity index (χ1) is 9.08. The van der Waals surface area contributed by atoms with Gasteiger partial charge in [0.1, 0.15) is 6.04 Å². The number of rotatable bonds is 8. The molecule has 19 heavy (non-hydrogen) atoms. The Kier molecular flexibility index (Phi) is 6.89. The highest BCUT2D eigenvalue weighted by Crippen LogP contribution is 2.31. The summed E-state index contributed by atoms with van der Waals surface area (Å²) in [5.41, 5.74) is 0. The Bertz CT molecular complexity index is 298. The van der Waals surface area contributed by atoms with Crippen LogP contribution in [0.15, 0.2) is 0 Å². The smallest absolute Gasteiger partial charge is 0.326 e. The zero-order chi connectivity index (χ0) is 14.3. The fraction of sp³-hybridized carbons (Fsp3) is 0.867. The molecule has 1 fully saturated rings. The van der Waals surface area contributed by atoms with Crippen molar-refractivity contribution in [2.24, 2.45) is 11.8 Å². The van der Waals surface area contributed by atoms with E-state index in [9.17, 15) is 9.59 Å². The first kappa shape index (κ1) is 16.0. The molecule has 4 nitrogen and oxygen atoms in total. The lowest BCUT2D eigenvalue weighted by Crippen LogP contribution is -2.43. The van der Waals surface area contributed by atoms with E-state index in [-0.39, 0.29) is 11.8 Å². The SMILES string of the molecule is CCCC(NC(=O)C(CC)CC1CCCC1)C(=O)O. The number of nitrogens with one attached hydrogen (secondary N) is 1. The third-order valence-corrected chi connectivity index (χ3v) is 4.15. The number of hydrogen-bond acceptors (Lipinski definition) is 2. The van der Waals surface area contributed by atoms with Gasteiger partial charge in [0, 0.05) is 5.92 Å². The highest BCUT2D eigenvalue weighted by Gasteiger charge is 2.27. The quantitative estimate of drug-likeness (QED) is 0.712. The standard InChI is InChI=1S/C15H27NO3/c1-3-7-13(15(18)19)16-14(17)12(4-2)10-11-8-5-6-9-11/h11-13H,3-10H2,1-2H3,(H,16,17)(H,18,19). The van der Waals surface area contributed by atoms with Crippen LogP contribution in [0.3, 0.4) is 0 Å². The Morgan fingerprint density at radius 1 is 1.26 bits per heavy atom. The molecule has 0 aromatic carbocycles. The Labute approximate surface area is 116 Å². The number of hydrogen-bond donors (Lipinski definition) is 2. The highest BCUT2D eigenvalue weighted by atomic mass is 16.4. The van der Waals surface area contributed by atoms with E-state index in [0.29, 0.717) is 12.3 Å². The Morgan fingerprint density at radius 2 is 1.89 bits per heavy atom. The summed E-state index contributed by atoms with van der Waals surface area (Å²) in [6, 6.07) is -0.727. The molecule has 0 bridgehead atoms. The second-order valence-electron chi connectivity index (χ2n) is 5.68. The molecular formula is C15H27NO3. The van der Waals surface area contributed by atoms with Gasteiger partial charge in [-0.1, -0.05) is 46.0 Å². The van der Waals surface area contributed by atoms with Crippen LogP contribution in [0, 0.1) is 11.8 Å². The van der Waals surface area contributed by atoms with Gasteiger partial charge >= 0.3 is 5.97 Å². The summed E-state index contributed by atoms with van der Waals surface area (Å²) in [4.78, 5) is 23.2. The molecular weight excluding hydrogens is 242 g/mol. The fourth-order valence-electron chi connectivity index (χ4n) is 2.94. The first-order valence-electron chi connectivity index (χ1n) is 7.61. The number of carbonyl (C=O) groups is 2.